The summed E-state index contributed by atoms with van der Waals surface area (Å²) < 4.78 is 16.5. The topological polar surface area (TPSA) is 72.7 Å². The maximum atomic E-state index is 5.74. The van der Waals surface area contributed by atoms with Crippen molar-refractivity contribution in [1.29, 1.82) is 0 Å². The number of rotatable bonds is 6. The number of thiocarbonyl (C=S) groups is 1. The molecule has 1 aliphatic heterocycles. The van der Waals surface area contributed by atoms with E-state index in [0.717, 1.165) is 40.4 Å². The Morgan fingerprint density at radius 1 is 1.10 bits per heavy atom. The van der Waals surface area contributed by atoms with E-state index in [1.807, 2.05) is 60.4 Å². The number of nitrogens with one attached hydrogen (secondary N) is 1. The number of aromatic nitrogens is 2. The predicted molar refractivity (Wildman–Crippen MR) is 123 cm³/mol. The van der Waals surface area contributed by atoms with Gasteiger partial charge in [0.25, 0.3) is 5.89 Å². The summed E-state index contributed by atoms with van der Waals surface area (Å²) >= 11 is 5.62. The van der Waals surface area contributed by atoms with Crippen molar-refractivity contribution in [2.24, 2.45) is 0 Å². The predicted octanol–water partition coefficient (Wildman–Crippen LogP) is 4.44. The van der Waals surface area contributed by atoms with Crippen LogP contribution in [0.3, 0.4) is 0 Å². The van der Waals surface area contributed by atoms with E-state index in [1.54, 1.807) is 14.2 Å². The minimum atomic E-state index is -0.246. The molecule has 31 heavy (non-hydrogen) atoms. The Morgan fingerprint density at radius 2 is 1.81 bits per heavy atom. The average molecular weight is 437 g/mol. The summed E-state index contributed by atoms with van der Waals surface area (Å²) in [5.41, 5.74) is 3.66. The zero-order chi connectivity index (χ0) is 22.0. The van der Waals surface area contributed by atoms with Crippen LogP contribution in [0.15, 0.2) is 58.8 Å². The van der Waals surface area contributed by atoms with Crippen molar-refractivity contribution in [3.8, 4) is 22.9 Å². The molecule has 0 bridgehead atoms. The molecule has 3 aromatic rings. The molecule has 0 amide bonds. The summed E-state index contributed by atoms with van der Waals surface area (Å²) in [6.07, 6.45) is 0. The van der Waals surface area contributed by atoms with Gasteiger partial charge in [-0.2, -0.15) is 4.98 Å². The first-order valence-corrected chi connectivity index (χ1v) is 10.4. The van der Waals surface area contributed by atoms with Gasteiger partial charge in [0.1, 0.15) is 11.5 Å². The molecule has 1 aliphatic rings. The van der Waals surface area contributed by atoms with Crippen LogP contribution in [-0.2, 0) is 0 Å². The van der Waals surface area contributed by atoms with Crippen molar-refractivity contribution in [1.82, 2.24) is 20.4 Å². The third-order valence-corrected chi connectivity index (χ3v) is 5.66. The van der Waals surface area contributed by atoms with Gasteiger partial charge in [0.15, 0.2) is 5.11 Å². The van der Waals surface area contributed by atoms with Gasteiger partial charge in [-0.25, -0.2) is 0 Å². The van der Waals surface area contributed by atoms with Gasteiger partial charge < -0.3 is 24.2 Å². The molecular formula is C23H24N4O3S. The molecule has 0 aliphatic carbocycles. The standard InChI is InChI=1S/C23H24N4O3S/c1-5-27-14(2)19(20(24-23(27)31)15-8-6-10-17(12-15)28-3)22-25-21(26-30-22)16-9-7-11-18(13-16)29-4/h6-13,20H,5H2,1-4H3,(H,24,31). The van der Waals surface area contributed by atoms with Crippen molar-refractivity contribution < 1.29 is 14.0 Å². The van der Waals surface area contributed by atoms with Gasteiger partial charge in [-0.05, 0) is 55.9 Å². The normalized spacial score (nSPS) is 16.3. The van der Waals surface area contributed by atoms with Crippen LogP contribution in [-0.4, -0.2) is 40.9 Å². The molecule has 2 aromatic carbocycles. The number of ether oxygens (including phenoxy) is 2. The van der Waals surface area contributed by atoms with Crippen molar-refractivity contribution in [2.75, 3.05) is 20.8 Å². The number of hydrogen-bond acceptors (Lipinski definition) is 6. The monoisotopic (exact) mass is 436 g/mol. The fraction of sp³-hybridized carbons (Fsp3) is 0.261. The van der Waals surface area contributed by atoms with Gasteiger partial charge in [-0.1, -0.05) is 29.4 Å². The molecule has 2 heterocycles. The Hall–Kier alpha value is -3.39. The smallest absolute Gasteiger partial charge is 0.258 e. The van der Waals surface area contributed by atoms with E-state index < -0.39 is 0 Å². The van der Waals surface area contributed by atoms with Crippen molar-refractivity contribution in [3.63, 3.8) is 0 Å². The van der Waals surface area contributed by atoms with E-state index in [4.69, 9.17) is 31.2 Å². The lowest BCUT2D eigenvalue weighted by Gasteiger charge is -2.36. The van der Waals surface area contributed by atoms with Crippen LogP contribution in [0.1, 0.15) is 31.3 Å². The van der Waals surface area contributed by atoms with E-state index in [2.05, 4.69) is 17.4 Å². The minimum Gasteiger partial charge on any atom is -0.497 e. The van der Waals surface area contributed by atoms with Crippen molar-refractivity contribution >= 4 is 22.9 Å². The lowest BCUT2D eigenvalue weighted by molar-refractivity contribution is 0.397. The maximum absolute atomic E-state index is 5.74. The lowest BCUT2D eigenvalue weighted by Crippen LogP contribution is -2.45. The van der Waals surface area contributed by atoms with Gasteiger partial charge in [-0.15, -0.1) is 0 Å². The summed E-state index contributed by atoms with van der Waals surface area (Å²) in [6, 6.07) is 15.2. The van der Waals surface area contributed by atoms with Crippen LogP contribution in [0.4, 0.5) is 0 Å². The maximum Gasteiger partial charge on any atom is 0.258 e. The molecule has 8 heteroatoms. The number of benzene rings is 2. The Kier molecular flexibility index (Phi) is 5.90. The second-order valence-corrected chi connectivity index (χ2v) is 7.44. The van der Waals surface area contributed by atoms with Crippen LogP contribution < -0.4 is 14.8 Å². The highest BCUT2D eigenvalue weighted by atomic mass is 32.1. The van der Waals surface area contributed by atoms with E-state index in [1.165, 1.54) is 0 Å². The van der Waals surface area contributed by atoms with Crippen molar-refractivity contribution in [2.45, 2.75) is 19.9 Å². The molecule has 1 N–H and O–H groups in total. The van der Waals surface area contributed by atoms with E-state index in [-0.39, 0.29) is 6.04 Å². The molecule has 0 radical (unpaired) electrons. The molecular weight excluding hydrogens is 412 g/mol. The van der Waals surface area contributed by atoms with E-state index in [9.17, 15) is 0 Å². The molecule has 0 saturated carbocycles. The molecule has 160 valence electrons. The zero-order valence-corrected chi connectivity index (χ0v) is 18.7. The Balaban J connectivity index is 1.81. The first-order chi connectivity index (χ1) is 15.0. The summed E-state index contributed by atoms with van der Waals surface area (Å²) in [6.45, 7) is 4.80. The van der Waals surface area contributed by atoms with Crippen LogP contribution >= 0.6 is 12.2 Å². The number of hydrogen-bond donors (Lipinski definition) is 1. The molecule has 1 atom stereocenters. The third kappa shape index (κ3) is 3.98. The Bertz CT molecular complexity index is 1140. The summed E-state index contributed by atoms with van der Waals surface area (Å²) in [7, 11) is 3.28. The van der Waals surface area contributed by atoms with Gasteiger partial charge in [0, 0.05) is 17.8 Å². The largest absolute Gasteiger partial charge is 0.497 e. The molecule has 0 fully saturated rings. The minimum absolute atomic E-state index is 0.246. The molecule has 4 rings (SSSR count). The highest BCUT2D eigenvalue weighted by Crippen LogP contribution is 2.38. The average Bonchev–Trinajstić information content (AvgIpc) is 3.29. The van der Waals surface area contributed by atoms with E-state index in [0.29, 0.717) is 16.8 Å². The molecule has 0 saturated heterocycles. The summed E-state index contributed by atoms with van der Waals surface area (Å²) in [5.74, 6) is 2.43. The quantitative estimate of drug-likeness (QED) is 0.569. The first kappa shape index (κ1) is 20.9. The van der Waals surface area contributed by atoms with Crippen LogP contribution in [0, 0.1) is 0 Å². The Labute approximate surface area is 186 Å². The molecule has 0 spiro atoms. The summed E-state index contributed by atoms with van der Waals surface area (Å²) in [4.78, 5) is 6.73. The highest BCUT2D eigenvalue weighted by Gasteiger charge is 2.33. The lowest BCUT2D eigenvalue weighted by atomic mass is 9.94. The summed E-state index contributed by atoms with van der Waals surface area (Å²) in [5, 5.41) is 8.31. The van der Waals surface area contributed by atoms with Crippen LogP contribution in [0.5, 0.6) is 11.5 Å². The van der Waals surface area contributed by atoms with Gasteiger partial charge in [0.05, 0.1) is 25.8 Å². The highest BCUT2D eigenvalue weighted by molar-refractivity contribution is 7.80. The number of allylic oxidation sites excluding steroid dienone is 1. The second kappa shape index (κ2) is 8.77. The third-order valence-electron chi connectivity index (χ3n) is 5.32. The first-order valence-electron chi connectivity index (χ1n) is 9.97. The number of methoxy groups -OCH3 is 2. The van der Waals surface area contributed by atoms with E-state index >= 15 is 0 Å². The SMILES string of the molecule is CCN1C(=S)NC(c2cccc(OC)c2)C(c2nc(-c3cccc(OC)c3)no2)=C1C. The second-order valence-electron chi connectivity index (χ2n) is 7.06. The molecule has 1 aromatic heterocycles. The fourth-order valence-corrected chi connectivity index (χ4v) is 4.11. The van der Waals surface area contributed by atoms with Crippen LogP contribution in [0.2, 0.25) is 0 Å². The van der Waals surface area contributed by atoms with Gasteiger partial charge in [0.2, 0.25) is 5.82 Å². The zero-order valence-electron chi connectivity index (χ0n) is 17.9. The molecule has 1 unspecified atom stereocenters. The fourth-order valence-electron chi connectivity index (χ4n) is 3.72. The Morgan fingerprint density at radius 3 is 2.52 bits per heavy atom. The van der Waals surface area contributed by atoms with Crippen LogP contribution in [0.25, 0.3) is 17.0 Å². The van der Waals surface area contributed by atoms with Gasteiger partial charge in [-0.3, -0.25) is 0 Å². The van der Waals surface area contributed by atoms with Gasteiger partial charge >= 0.3 is 0 Å². The molecule has 7 nitrogen and oxygen atoms in total. The van der Waals surface area contributed by atoms with Crippen molar-refractivity contribution in [3.05, 3.63) is 65.7 Å². The number of nitrogens with zero attached hydrogens (tertiary/aromatic N) is 3.